The summed E-state index contributed by atoms with van der Waals surface area (Å²) in [5.74, 6) is -1.62. The largest absolute Gasteiger partial charge is 0.481 e. The standard InChI is InChI=1S/C15H18FN3O4/c16-11-9-10(18-15(23)17-7-1-4-14(21)22)5-6-12(11)19-8-2-3-13(19)20/h5-6,9H,1-4,7-8H2,(H,21,22)(H2,17,18,23). The molecule has 1 aromatic rings. The Hall–Kier alpha value is -2.64. The molecule has 1 saturated heterocycles. The van der Waals surface area contributed by atoms with Crippen LogP contribution in [0.15, 0.2) is 18.2 Å². The fourth-order valence-electron chi connectivity index (χ4n) is 2.32. The number of hydrogen-bond donors (Lipinski definition) is 3. The number of hydrogen-bond acceptors (Lipinski definition) is 3. The fraction of sp³-hybridized carbons (Fsp3) is 0.400. The molecule has 0 bridgehead atoms. The molecule has 0 aromatic heterocycles. The highest BCUT2D eigenvalue weighted by atomic mass is 19.1. The minimum atomic E-state index is -0.929. The van der Waals surface area contributed by atoms with Crippen molar-refractivity contribution in [3.63, 3.8) is 0 Å². The van der Waals surface area contributed by atoms with E-state index in [1.54, 1.807) is 0 Å². The third kappa shape index (κ3) is 4.67. The van der Waals surface area contributed by atoms with Gasteiger partial charge in [-0.05, 0) is 31.0 Å². The number of carboxylic acid groups (broad SMARTS) is 1. The van der Waals surface area contributed by atoms with Gasteiger partial charge in [-0.25, -0.2) is 9.18 Å². The maximum atomic E-state index is 14.1. The number of benzene rings is 1. The number of carboxylic acids is 1. The van der Waals surface area contributed by atoms with E-state index in [-0.39, 0.29) is 30.2 Å². The van der Waals surface area contributed by atoms with Gasteiger partial charge in [-0.3, -0.25) is 9.59 Å². The van der Waals surface area contributed by atoms with E-state index in [1.165, 1.54) is 17.0 Å². The van der Waals surface area contributed by atoms with E-state index in [9.17, 15) is 18.8 Å². The minimum absolute atomic E-state index is 0.0343. The average molecular weight is 323 g/mol. The van der Waals surface area contributed by atoms with Crippen molar-refractivity contribution in [3.8, 4) is 0 Å². The Bertz CT molecular complexity index is 621. The van der Waals surface area contributed by atoms with E-state index in [0.717, 1.165) is 6.07 Å². The second kappa shape index (κ2) is 7.57. The van der Waals surface area contributed by atoms with E-state index in [0.29, 0.717) is 25.8 Å². The first-order valence-corrected chi connectivity index (χ1v) is 7.34. The highest BCUT2D eigenvalue weighted by Crippen LogP contribution is 2.26. The lowest BCUT2D eigenvalue weighted by Gasteiger charge is -2.17. The normalized spacial score (nSPS) is 14.0. The highest BCUT2D eigenvalue weighted by Gasteiger charge is 2.24. The van der Waals surface area contributed by atoms with Gasteiger partial charge in [0.25, 0.3) is 0 Å². The van der Waals surface area contributed by atoms with Gasteiger partial charge in [0.15, 0.2) is 0 Å². The predicted molar refractivity (Wildman–Crippen MR) is 81.9 cm³/mol. The van der Waals surface area contributed by atoms with E-state index in [1.807, 2.05) is 0 Å². The Kier molecular flexibility index (Phi) is 5.51. The van der Waals surface area contributed by atoms with Gasteiger partial charge in [0.1, 0.15) is 5.82 Å². The molecule has 7 nitrogen and oxygen atoms in total. The summed E-state index contributed by atoms with van der Waals surface area (Å²) >= 11 is 0. The van der Waals surface area contributed by atoms with Crippen LogP contribution < -0.4 is 15.5 Å². The molecule has 8 heteroatoms. The summed E-state index contributed by atoms with van der Waals surface area (Å²) < 4.78 is 14.1. The molecule has 0 unspecified atom stereocenters. The van der Waals surface area contributed by atoms with E-state index < -0.39 is 17.8 Å². The number of rotatable bonds is 6. The number of aliphatic carboxylic acids is 1. The number of nitrogens with one attached hydrogen (secondary N) is 2. The zero-order valence-electron chi connectivity index (χ0n) is 12.5. The summed E-state index contributed by atoms with van der Waals surface area (Å²) in [6.45, 7) is 0.702. The van der Waals surface area contributed by atoms with Gasteiger partial charge in [0.05, 0.1) is 5.69 Å². The third-order valence-electron chi connectivity index (χ3n) is 3.42. The van der Waals surface area contributed by atoms with Crippen molar-refractivity contribution < 1.29 is 23.9 Å². The monoisotopic (exact) mass is 323 g/mol. The maximum absolute atomic E-state index is 14.1. The van der Waals surface area contributed by atoms with Crippen LogP contribution in [0, 0.1) is 5.82 Å². The number of urea groups is 1. The van der Waals surface area contributed by atoms with Crippen molar-refractivity contribution >= 4 is 29.3 Å². The summed E-state index contributed by atoms with van der Waals surface area (Å²) in [6.07, 6.45) is 1.40. The molecule has 0 saturated carbocycles. The summed E-state index contributed by atoms with van der Waals surface area (Å²) in [4.78, 5) is 35.0. The second-order valence-electron chi connectivity index (χ2n) is 5.19. The van der Waals surface area contributed by atoms with Crippen molar-refractivity contribution in [2.75, 3.05) is 23.3 Å². The quantitative estimate of drug-likeness (QED) is 0.697. The van der Waals surface area contributed by atoms with E-state index in [4.69, 9.17) is 5.11 Å². The van der Waals surface area contributed by atoms with Gasteiger partial charge in [0, 0.05) is 31.6 Å². The molecule has 1 fully saturated rings. The van der Waals surface area contributed by atoms with Crippen LogP contribution in [0.4, 0.5) is 20.6 Å². The maximum Gasteiger partial charge on any atom is 0.319 e. The zero-order valence-corrected chi connectivity index (χ0v) is 12.5. The summed E-state index contributed by atoms with van der Waals surface area (Å²) in [5.41, 5.74) is 0.466. The highest BCUT2D eigenvalue weighted by molar-refractivity contribution is 5.96. The van der Waals surface area contributed by atoms with Crippen LogP contribution in [0.3, 0.4) is 0 Å². The van der Waals surface area contributed by atoms with Gasteiger partial charge in [-0.1, -0.05) is 0 Å². The van der Waals surface area contributed by atoms with Gasteiger partial charge >= 0.3 is 12.0 Å². The fourth-order valence-corrected chi connectivity index (χ4v) is 2.32. The van der Waals surface area contributed by atoms with Crippen LogP contribution in [0.25, 0.3) is 0 Å². The molecule has 0 atom stereocenters. The Morgan fingerprint density at radius 2 is 2.13 bits per heavy atom. The van der Waals surface area contributed by atoms with Crippen molar-refractivity contribution in [1.29, 1.82) is 0 Å². The molecule has 1 heterocycles. The number of halogens is 1. The second-order valence-corrected chi connectivity index (χ2v) is 5.19. The first kappa shape index (κ1) is 16.7. The smallest absolute Gasteiger partial charge is 0.319 e. The van der Waals surface area contributed by atoms with Gasteiger partial charge in [0.2, 0.25) is 5.91 Å². The molecular formula is C15H18FN3O4. The average Bonchev–Trinajstić information content (AvgIpc) is 2.90. The summed E-state index contributed by atoms with van der Waals surface area (Å²) in [7, 11) is 0. The van der Waals surface area contributed by atoms with Crippen LogP contribution in [-0.4, -0.2) is 36.1 Å². The lowest BCUT2D eigenvalue weighted by molar-refractivity contribution is -0.137. The van der Waals surface area contributed by atoms with Gasteiger partial charge < -0.3 is 20.6 Å². The number of carbonyl (C=O) groups excluding carboxylic acids is 2. The van der Waals surface area contributed by atoms with Crippen molar-refractivity contribution in [2.45, 2.75) is 25.7 Å². The predicted octanol–water partition coefficient (Wildman–Crippen LogP) is 1.94. The molecule has 23 heavy (non-hydrogen) atoms. The first-order chi connectivity index (χ1) is 11.0. The summed E-state index contributed by atoms with van der Waals surface area (Å²) in [5, 5.41) is 13.4. The number of carbonyl (C=O) groups is 3. The lowest BCUT2D eigenvalue weighted by atomic mass is 10.2. The van der Waals surface area contributed by atoms with Crippen molar-refractivity contribution in [2.24, 2.45) is 0 Å². The number of amides is 3. The molecule has 3 amide bonds. The Balaban J connectivity index is 1.89. The van der Waals surface area contributed by atoms with Crippen LogP contribution in [-0.2, 0) is 9.59 Å². The third-order valence-corrected chi connectivity index (χ3v) is 3.42. The van der Waals surface area contributed by atoms with Gasteiger partial charge in [-0.2, -0.15) is 0 Å². The number of anilines is 2. The molecule has 1 aliphatic heterocycles. The van der Waals surface area contributed by atoms with E-state index in [2.05, 4.69) is 10.6 Å². The number of nitrogens with zero attached hydrogens (tertiary/aromatic N) is 1. The molecule has 1 aromatic carbocycles. The molecule has 3 N–H and O–H groups in total. The minimum Gasteiger partial charge on any atom is -0.481 e. The van der Waals surface area contributed by atoms with Crippen molar-refractivity contribution in [3.05, 3.63) is 24.0 Å². The Labute approximate surface area is 132 Å². The molecule has 0 radical (unpaired) electrons. The molecule has 0 spiro atoms. The van der Waals surface area contributed by atoms with Crippen molar-refractivity contribution in [1.82, 2.24) is 5.32 Å². The SMILES string of the molecule is O=C(O)CCCNC(=O)Nc1ccc(N2CCCC2=O)c(F)c1. The molecule has 2 rings (SSSR count). The molecule has 1 aliphatic rings. The van der Waals surface area contributed by atoms with Crippen LogP contribution >= 0.6 is 0 Å². The first-order valence-electron chi connectivity index (χ1n) is 7.34. The Morgan fingerprint density at radius 3 is 2.74 bits per heavy atom. The Morgan fingerprint density at radius 1 is 1.35 bits per heavy atom. The van der Waals surface area contributed by atoms with Crippen LogP contribution in [0.5, 0.6) is 0 Å². The van der Waals surface area contributed by atoms with Crippen LogP contribution in [0.2, 0.25) is 0 Å². The van der Waals surface area contributed by atoms with Gasteiger partial charge in [-0.15, -0.1) is 0 Å². The van der Waals surface area contributed by atoms with E-state index >= 15 is 0 Å². The molecule has 124 valence electrons. The zero-order chi connectivity index (χ0) is 16.8. The van der Waals surface area contributed by atoms with Crippen LogP contribution in [0.1, 0.15) is 25.7 Å². The molecule has 0 aliphatic carbocycles. The summed E-state index contributed by atoms with van der Waals surface area (Å²) in [6, 6.07) is 3.58. The topological polar surface area (TPSA) is 98.7 Å². The molecular weight excluding hydrogens is 305 g/mol. The lowest BCUT2D eigenvalue weighted by Crippen LogP contribution is -2.30.